The number of carboxylic acid groups (broad SMARTS) is 1. The summed E-state index contributed by atoms with van der Waals surface area (Å²) in [5.41, 5.74) is 2.02. The molecule has 10 nitrogen and oxygen atoms in total. The molecule has 2 aliphatic rings. The SMILES string of the molecule is CCc1[nH]c(C(=O)N2CCO[C@H]3CN(c4nc5cc(C)nc(C(=O)O)c5s4)CC[C@H]32)nc1Cl. The number of carbonyl (C=O) groups excluding carboxylic acids is 1. The number of nitrogens with one attached hydrogen (secondary N) is 1. The number of aromatic amines is 1. The second kappa shape index (κ2) is 8.54. The molecule has 0 saturated carbocycles. The van der Waals surface area contributed by atoms with Crippen LogP contribution in [0.4, 0.5) is 5.13 Å². The van der Waals surface area contributed by atoms with Crippen molar-refractivity contribution in [3.8, 4) is 0 Å². The van der Waals surface area contributed by atoms with E-state index in [1.807, 2.05) is 11.8 Å². The number of ether oxygens (including phenoxy) is 1. The Bertz CT molecular complexity index is 1240. The van der Waals surface area contributed by atoms with Crippen LogP contribution in [0.5, 0.6) is 0 Å². The van der Waals surface area contributed by atoms with Gasteiger partial charge in [-0.3, -0.25) is 4.79 Å². The van der Waals surface area contributed by atoms with Crippen molar-refractivity contribution in [3.05, 3.63) is 34.1 Å². The third kappa shape index (κ3) is 3.94. The zero-order valence-corrected chi connectivity index (χ0v) is 19.7. The molecule has 0 aliphatic carbocycles. The van der Waals surface area contributed by atoms with Gasteiger partial charge in [-0.2, -0.15) is 0 Å². The molecule has 5 rings (SSSR count). The second-order valence-corrected chi connectivity index (χ2v) is 9.52. The Morgan fingerprint density at radius 3 is 2.88 bits per heavy atom. The Morgan fingerprint density at radius 1 is 1.33 bits per heavy atom. The van der Waals surface area contributed by atoms with E-state index in [9.17, 15) is 14.7 Å². The van der Waals surface area contributed by atoms with Crippen molar-refractivity contribution in [1.29, 1.82) is 0 Å². The number of thiazole rings is 1. The van der Waals surface area contributed by atoms with Gasteiger partial charge >= 0.3 is 5.97 Å². The molecule has 2 aliphatic heterocycles. The number of fused-ring (bicyclic) bond motifs is 2. The largest absolute Gasteiger partial charge is 0.476 e. The van der Waals surface area contributed by atoms with Crippen LogP contribution in [0.2, 0.25) is 5.15 Å². The van der Waals surface area contributed by atoms with Gasteiger partial charge in [0.1, 0.15) is 0 Å². The zero-order valence-electron chi connectivity index (χ0n) is 18.2. The number of morpholine rings is 1. The summed E-state index contributed by atoms with van der Waals surface area (Å²) in [4.78, 5) is 44.8. The number of amides is 1. The number of nitrogens with zero attached hydrogens (tertiary/aromatic N) is 5. The summed E-state index contributed by atoms with van der Waals surface area (Å²) in [6.45, 7) is 5.86. The van der Waals surface area contributed by atoms with Gasteiger partial charge in [0.05, 0.1) is 34.7 Å². The van der Waals surface area contributed by atoms with Crippen LogP contribution in [0, 0.1) is 6.92 Å². The van der Waals surface area contributed by atoms with E-state index >= 15 is 0 Å². The average Bonchev–Trinajstić information content (AvgIpc) is 3.40. The minimum Gasteiger partial charge on any atom is -0.476 e. The molecule has 0 spiro atoms. The molecule has 5 heterocycles. The standard InChI is InChI=1S/C21H23ClN6O4S/c1-3-11-17(22)26-18(24-11)19(29)28-6-7-32-14-9-27(5-4-13(14)28)21-25-12-8-10(2)23-15(20(30)31)16(12)33-21/h8,13-14H,3-7,9H2,1-2H3,(H,24,26)(H,30,31)/t13-,14+/m1/s1. The maximum atomic E-state index is 13.2. The first kappa shape index (κ1) is 22.1. The molecule has 2 N–H and O–H groups in total. The van der Waals surface area contributed by atoms with Gasteiger partial charge in [-0.05, 0) is 25.8 Å². The smallest absolute Gasteiger partial charge is 0.356 e. The van der Waals surface area contributed by atoms with E-state index in [1.54, 1.807) is 13.0 Å². The van der Waals surface area contributed by atoms with Crippen LogP contribution in [-0.4, -0.2) is 80.2 Å². The zero-order chi connectivity index (χ0) is 23.3. The van der Waals surface area contributed by atoms with Gasteiger partial charge in [0, 0.05) is 25.3 Å². The molecule has 2 saturated heterocycles. The molecule has 0 unspecified atom stereocenters. The molecule has 2 fully saturated rings. The van der Waals surface area contributed by atoms with Gasteiger partial charge < -0.3 is 24.6 Å². The molecular formula is C21H23ClN6O4S. The third-order valence-corrected chi connectivity index (χ3v) is 7.55. The fourth-order valence-electron chi connectivity index (χ4n) is 4.50. The number of halogens is 1. The normalized spacial score (nSPS) is 20.8. The average molecular weight is 491 g/mol. The number of carbonyl (C=O) groups is 2. The van der Waals surface area contributed by atoms with Crippen molar-refractivity contribution in [2.75, 3.05) is 31.1 Å². The predicted octanol–water partition coefficient (Wildman–Crippen LogP) is 2.76. The van der Waals surface area contributed by atoms with Gasteiger partial charge in [-0.1, -0.05) is 29.9 Å². The second-order valence-electron chi connectivity index (χ2n) is 8.18. The molecule has 0 aromatic carbocycles. The summed E-state index contributed by atoms with van der Waals surface area (Å²) in [6, 6.07) is 1.72. The molecule has 3 aromatic rings. The molecule has 1 amide bonds. The molecule has 33 heavy (non-hydrogen) atoms. The van der Waals surface area contributed by atoms with Crippen molar-refractivity contribution in [2.45, 2.75) is 38.8 Å². The van der Waals surface area contributed by atoms with Crippen LogP contribution in [0.3, 0.4) is 0 Å². The lowest BCUT2D eigenvalue weighted by molar-refractivity contribution is -0.0640. The molecule has 12 heteroatoms. The third-order valence-electron chi connectivity index (χ3n) is 6.10. The highest BCUT2D eigenvalue weighted by molar-refractivity contribution is 7.22. The van der Waals surface area contributed by atoms with Crippen LogP contribution in [-0.2, 0) is 11.2 Å². The highest BCUT2D eigenvalue weighted by atomic mass is 35.5. The van der Waals surface area contributed by atoms with Gasteiger partial charge in [-0.25, -0.2) is 19.7 Å². The fourth-order valence-corrected chi connectivity index (χ4v) is 5.83. The van der Waals surface area contributed by atoms with Gasteiger partial charge in [0.15, 0.2) is 21.8 Å². The Balaban J connectivity index is 1.37. The first-order chi connectivity index (χ1) is 15.9. The summed E-state index contributed by atoms with van der Waals surface area (Å²) in [5.74, 6) is -0.974. The van der Waals surface area contributed by atoms with Gasteiger partial charge in [0.25, 0.3) is 5.91 Å². The minimum absolute atomic E-state index is 0.0258. The lowest BCUT2D eigenvalue weighted by Crippen LogP contribution is -2.60. The summed E-state index contributed by atoms with van der Waals surface area (Å²) >= 11 is 7.46. The van der Waals surface area contributed by atoms with Crippen molar-refractivity contribution < 1.29 is 19.4 Å². The number of hydrogen-bond acceptors (Lipinski definition) is 8. The maximum absolute atomic E-state index is 13.2. The van der Waals surface area contributed by atoms with E-state index in [2.05, 4.69) is 24.8 Å². The number of rotatable bonds is 4. The predicted molar refractivity (Wildman–Crippen MR) is 123 cm³/mol. The summed E-state index contributed by atoms with van der Waals surface area (Å²) in [6.07, 6.45) is 1.19. The summed E-state index contributed by atoms with van der Waals surface area (Å²) < 4.78 is 6.60. The van der Waals surface area contributed by atoms with Gasteiger partial charge in [-0.15, -0.1) is 0 Å². The molecule has 0 bridgehead atoms. The maximum Gasteiger partial charge on any atom is 0.356 e. The number of aromatic nitrogens is 4. The lowest BCUT2D eigenvalue weighted by atomic mass is 9.98. The van der Waals surface area contributed by atoms with Crippen molar-refractivity contribution in [1.82, 2.24) is 24.8 Å². The van der Waals surface area contributed by atoms with Crippen LogP contribution in [0.15, 0.2) is 6.07 Å². The van der Waals surface area contributed by atoms with Crippen LogP contribution in [0.1, 0.15) is 45.8 Å². The number of aryl methyl sites for hydroxylation is 2. The highest BCUT2D eigenvalue weighted by Gasteiger charge is 2.41. The highest BCUT2D eigenvalue weighted by Crippen LogP contribution is 2.34. The Kier molecular flexibility index (Phi) is 5.71. The number of aromatic carboxylic acids is 1. The topological polar surface area (TPSA) is 125 Å². The van der Waals surface area contributed by atoms with Crippen molar-refractivity contribution in [3.63, 3.8) is 0 Å². The minimum atomic E-state index is -1.06. The number of imidazole rings is 1. The van der Waals surface area contributed by atoms with E-state index in [1.165, 1.54) is 11.3 Å². The van der Waals surface area contributed by atoms with E-state index in [-0.39, 0.29) is 29.6 Å². The van der Waals surface area contributed by atoms with E-state index in [0.29, 0.717) is 60.1 Å². The number of pyridine rings is 1. The molecular weight excluding hydrogens is 468 g/mol. The Hall–Kier alpha value is -2.76. The van der Waals surface area contributed by atoms with Crippen LogP contribution >= 0.6 is 22.9 Å². The molecule has 174 valence electrons. The number of piperidine rings is 1. The monoisotopic (exact) mass is 490 g/mol. The van der Waals surface area contributed by atoms with Crippen molar-refractivity contribution in [2.24, 2.45) is 0 Å². The van der Waals surface area contributed by atoms with Crippen LogP contribution < -0.4 is 4.90 Å². The molecule has 3 aromatic heterocycles. The Labute approximate surface area is 198 Å². The van der Waals surface area contributed by atoms with Gasteiger partial charge in [0.2, 0.25) is 0 Å². The number of anilines is 1. The van der Waals surface area contributed by atoms with Crippen molar-refractivity contribution >= 4 is 50.2 Å². The quantitative estimate of drug-likeness (QED) is 0.572. The van der Waals surface area contributed by atoms with E-state index in [4.69, 9.17) is 16.3 Å². The molecule has 2 atom stereocenters. The summed E-state index contributed by atoms with van der Waals surface area (Å²) in [7, 11) is 0. The number of H-pyrrole nitrogens is 1. The van der Waals surface area contributed by atoms with Crippen LogP contribution in [0.25, 0.3) is 10.2 Å². The van der Waals surface area contributed by atoms with E-state index < -0.39 is 5.97 Å². The number of hydrogen-bond donors (Lipinski definition) is 2. The summed E-state index contributed by atoms with van der Waals surface area (Å²) in [5, 5.41) is 10.6. The number of carboxylic acids is 1. The molecule has 0 radical (unpaired) electrons. The van der Waals surface area contributed by atoms with E-state index in [0.717, 1.165) is 10.8 Å². The first-order valence-corrected chi connectivity index (χ1v) is 12.0. The lowest BCUT2D eigenvalue weighted by Gasteiger charge is -2.46. The fraction of sp³-hybridized carbons (Fsp3) is 0.476. The first-order valence-electron chi connectivity index (χ1n) is 10.8. The Morgan fingerprint density at radius 2 is 2.15 bits per heavy atom.